The molecule has 0 radical (unpaired) electrons. The molecule has 0 bridgehead atoms. The number of benzene rings is 7. The van der Waals surface area contributed by atoms with Crippen LogP contribution in [-0.4, -0.2) is 34.0 Å². The van der Waals surface area contributed by atoms with Crippen LogP contribution in [0.4, 0.5) is 11.4 Å². The summed E-state index contributed by atoms with van der Waals surface area (Å²) in [6.45, 7) is 11.1. The summed E-state index contributed by atoms with van der Waals surface area (Å²) >= 11 is 0. The van der Waals surface area contributed by atoms with Crippen molar-refractivity contribution in [3.05, 3.63) is 131 Å². The van der Waals surface area contributed by atoms with Crippen molar-refractivity contribution < 1.29 is 34.1 Å². The summed E-state index contributed by atoms with van der Waals surface area (Å²) in [5.41, 5.74) is 12.9. The number of fused-ring (bicyclic) bond motifs is 5. The molecule has 0 aliphatic carbocycles. The Hall–Kier alpha value is -6.94. The zero-order chi connectivity index (χ0) is 39.6. The number of ether oxygens (including phenoxy) is 1. The molecule has 0 fully saturated rings. The van der Waals surface area contributed by atoms with E-state index in [0.717, 1.165) is 21.5 Å². The van der Waals surface area contributed by atoms with E-state index in [1.54, 1.807) is 24.3 Å². The number of hydrogen-bond donors (Lipinski definition) is 5. The second-order valence-corrected chi connectivity index (χ2v) is 15.4. The molecule has 2 amide bonds. The lowest BCUT2D eigenvalue weighted by Gasteiger charge is -2.39. The summed E-state index contributed by atoms with van der Waals surface area (Å²) in [5.74, 6) is -2.99. The van der Waals surface area contributed by atoms with Crippen molar-refractivity contribution >= 4 is 78.2 Å². The second kappa shape index (κ2) is 13.2. The summed E-state index contributed by atoms with van der Waals surface area (Å²) in [4.78, 5) is 50.3. The minimum absolute atomic E-state index is 0.0412. The highest BCUT2D eigenvalue weighted by Gasteiger charge is 2.34. The van der Waals surface area contributed by atoms with Gasteiger partial charge in [-0.1, -0.05) is 58.9 Å². The Labute approximate surface area is 316 Å². The van der Waals surface area contributed by atoms with Gasteiger partial charge in [-0.25, -0.2) is 9.59 Å². The summed E-state index contributed by atoms with van der Waals surface area (Å²) in [7, 11) is 0. The van der Waals surface area contributed by atoms with Gasteiger partial charge in [-0.2, -0.15) is 0 Å². The number of nitrogen functional groups attached to an aromatic ring is 1. The quantitative estimate of drug-likeness (QED) is 0.0581. The van der Waals surface area contributed by atoms with E-state index in [1.165, 1.54) is 29.8 Å². The van der Waals surface area contributed by atoms with Crippen molar-refractivity contribution in [3.63, 3.8) is 0 Å². The van der Waals surface area contributed by atoms with Crippen molar-refractivity contribution in [1.82, 2.24) is 0 Å². The van der Waals surface area contributed by atoms with Gasteiger partial charge >= 0.3 is 11.9 Å². The van der Waals surface area contributed by atoms with E-state index in [2.05, 4.69) is 52.1 Å². The van der Waals surface area contributed by atoms with E-state index < -0.39 is 23.8 Å². The second-order valence-electron chi connectivity index (χ2n) is 15.4. The van der Waals surface area contributed by atoms with E-state index in [9.17, 15) is 29.4 Å². The zero-order valence-electron chi connectivity index (χ0n) is 30.9. The third kappa shape index (κ3) is 6.52. The van der Waals surface area contributed by atoms with Crippen molar-refractivity contribution in [3.8, 4) is 11.5 Å². The first-order valence-corrected chi connectivity index (χ1v) is 17.6. The highest BCUT2D eigenvalue weighted by Crippen LogP contribution is 2.43. The van der Waals surface area contributed by atoms with E-state index in [4.69, 9.17) is 16.2 Å². The molecule has 0 atom stereocenters. The molecule has 276 valence electrons. The van der Waals surface area contributed by atoms with Crippen LogP contribution in [0.2, 0.25) is 0 Å². The minimum atomic E-state index is -1.36. The molecule has 0 saturated carbocycles. The number of nitrogens with two attached hydrogens (primary N) is 2. The lowest BCUT2D eigenvalue weighted by Crippen LogP contribution is -2.33. The fourth-order valence-corrected chi connectivity index (χ4v) is 6.89. The molecule has 7 rings (SSSR count). The summed E-state index contributed by atoms with van der Waals surface area (Å²) in [6, 6.07) is 29.8. The van der Waals surface area contributed by atoms with Gasteiger partial charge in [-0.05, 0) is 128 Å². The molecule has 0 heterocycles. The molecular formula is C45H39N3O7. The molecule has 0 aliphatic rings. The lowest BCUT2D eigenvalue weighted by molar-refractivity contribution is 0.0683. The normalized spacial score (nSPS) is 11.9. The maximum absolute atomic E-state index is 13.8. The third-order valence-electron chi connectivity index (χ3n) is 10.9. The maximum Gasteiger partial charge on any atom is 0.336 e. The van der Waals surface area contributed by atoms with Crippen LogP contribution < -0.4 is 21.5 Å². The molecule has 0 aliphatic heterocycles. The average molecular weight is 734 g/mol. The van der Waals surface area contributed by atoms with E-state index in [1.807, 2.05) is 42.5 Å². The summed E-state index contributed by atoms with van der Waals surface area (Å²) in [6.07, 6.45) is 0. The maximum atomic E-state index is 13.8. The van der Waals surface area contributed by atoms with Crippen LogP contribution in [0.5, 0.6) is 11.5 Å². The SMILES string of the molecule is CC(C)(C)C(C)(C)c1ccc(Oc2c3ccc(N)cc3cc3cc(NC(=O)c4cc5ccc6cc(C(N)=O)c(C(=O)O)cc6c5cc4C(=O)O)ccc23)cc1. The smallest absolute Gasteiger partial charge is 0.336 e. The summed E-state index contributed by atoms with van der Waals surface area (Å²) in [5, 5.41) is 27.8. The highest BCUT2D eigenvalue weighted by atomic mass is 16.5. The van der Waals surface area contributed by atoms with Crippen LogP contribution in [0, 0.1) is 5.41 Å². The molecule has 55 heavy (non-hydrogen) atoms. The number of nitrogens with one attached hydrogen (secondary N) is 1. The van der Waals surface area contributed by atoms with Gasteiger partial charge < -0.3 is 31.7 Å². The van der Waals surface area contributed by atoms with Gasteiger partial charge in [0.1, 0.15) is 11.5 Å². The van der Waals surface area contributed by atoms with E-state index in [0.29, 0.717) is 44.4 Å². The van der Waals surface area contributed by atoms with Crippen molar-refractivity contribution in [2.75, 3.05) is 11.1 Å². The van der Waals surface area contributed by atoms with E-state index >= 15 is 0 Å². The van der Waals surface area contributed by atoms with Crippen LogP contribution in [-0.2, 0) is 5.41 Å². The number of amides is 2. The number of aromatic carboxylic acids is 2. The molecule has 7 aromatic rings. The molecule has 0 saturated heterocycles. The number of primary amides is 1. The van der Waals surface area contributed by atoms with Gasteiger partial charge in [0.2, 0.25) is 5.91 Å². The molecule has 10 nitrogen and oxygen atoms in total. The Morgan fingerprint density at radius 1 is 0.582 bits per heavy atom. The predicted molar refractivity (Wildman–Crippen MR) is 217 cm³/mol. The molecule has 0 unspecified atom stereocenters. The summed E-state index contributed by atoms with van der Waals surface area (Å²) < 4.78 is 6.59. The lowest BCUT2D eigenvalue weighted by atomic mass is 9.65. The van der Waals surface area contributed by atoms with Gasteiger partial charge in [-0.3, -0.25) is 9.59 Å². The van der Waals surface area contributed by atoms with Crippen LogP contribution in [0.3, 0.4) is 0 Å². The van der Waals surface area contributed by atoms with Crippen LogP contribution in [0.15, 0.2) is 103 Å². The van der Waals surface area contributed by atoms with Crippen molar-refractivity contribution in [2.24, 2.45) is 11.1 Å². The Bertz CT molecular complexity index is 2780. The Morgan fingerprint density at radius 3 is 1.69 bits per heavy atom. The first kappa shape index (κ1) is 36.4. The topological polar surface area (TPSA) is 182 Å². The van der Waals surface area contributed by atoms with Gasteiger partial charge in [-0.15, -0.1) is 0 Å². The number of carbonyl (C=O) groups is 4. The van der Waals surface area contributed by atoms with Gasteiger partial charge in [0.05, 0.1) is 22.3 Å². The van der Waals surface area contributed by atoms with Crippen LogP contribution in [0.1, 0.15) is 81.6 Å². The minimum Gasteiger partial charge on any atom is -0.478 e. The molecule has 0 spiro atoms. The zero-order valence-corrected chi connectivity index (χ0v) is 30.9. The largest absolute Gasteiger partial charge is 0.478 e. The van der Waals surface area contributed by atoms with Crippen LogP contribution in [0.25, 0.3) is 43.1 Å². The number of carboxylic acid groups (broad SMARTS) is 2. The Kier molecular flexibility index (Phi) is 8.72. The molecule has 7 N–H and O–H groups in total. The van der Waals surface area contributed by atoms with E-state index in [-0.39, 0.29) is 33.1 Å². The highest BCUT2D eigenvalue weighted by molar-refractivity contribution is 6.19. The van der Waals surface area contributed by atoms with Gasteiger partial charge in [0, 0.05) is 22.1 Å². The van der Waals surface area contributed by atoms with Crippen molar-refractivity contribution in [2.45, 2.75) is 40.0 Å². The third-order valence-corrected chi connectivity index (χ3v) is 10.9. The monoisotopic (exact) mass is 733 g/mol. The number of carbonyl (C=O) groups excluding carboxylic acids is 2. The first-order chi connectivity index (χ1) is 25.9. The number of hydrogen-bond acceptors (Lipinski definition) is 6. The standard InChI is InChI=1S/C45H39N3O7/c1-44(2,3)45(4,5)27-8-12-30(13-9-27)55-39-31-14-10-28(46)17-25(31)16-26-18-29(11-15-32(26)39)48-41(50)36-20-24-7-6-23-19-35(40(47)49)37(42(51)52)21-33(23)34(24)22-38(36)43(53)54/h6-22H,46H2,1-5H3,(H2,47,49)(H,48,50)(H,51,52)(H,53,54). The van der Waals surface area contributed by atoms with Crippen molar-refractivity contribution in [1.29, 1.82) is 0 Å². The molecule has 10 heteroatoms. The fraction of sp³-hybridized carbons (Fsp3) is 0.156. The Morgan fingerprint density at radius 2 is 1.13 bits per heavy atom. The molecular weight excluding hydrogens is 695 g/mol. The predicted octanol–water partition coefficient (Wildman–Crippen LogP) is 9.75. The Balaban J connectivity index is 1.27. The number of rotatable bonds is 8. The molecule has 0 aromatic heterocycles. The average Bonchev–Trinajstić information content (AvgIpc) is 3.12. The number of carboxylic acids is 2. The fourth-order valence-electron chi connectivity index (χ4n) is 6.89. The molecule has 7 aromatic carbocycles. The van der Waals surface area contributed by atoms with Gasteiger partial charge in [0.25, 0.3) is 5.91 Å². The number of anilines is 2. The van der Waals surface area contributed by atoms with Crippen LogP contribution >= 0.6 is 0 Å². The van der Waals surface area contributed by atoms with Gasteiger partial charge in [0.15, 0.2) is 0 Å². The first-order valence-electron chi connectivity index (χ1n) is 17.6.